The van der Waals surface area contributed by atoms with Crippen LogP contribution in [0.25, 0.3) is 0 Å². The summed E-state index contributed by atoms with van der Waals surface area (Å²) in [5.41, 5.74) is 10.5. The molecule has 4 N–H and O–H groups in total. The number of carbonyl (C=O) groups excluding carboxylic acids is 1. The molecule has 0 radical (unpaired) electrons. The lowest BCUT2D eigenvalue weighted by molar-refractivity contribution is -0.150. The molecule has 2 unspecified atom stereocenters. The van der Waals surface area contributed by atoms with Crippen molar-refractivity contribution in [1.82, 2.24) is 9.80 Å². The monoisotopic (exact) mass is 308 g/mol. The molecular formula is C13H23F3N4O. The first-order valence-electron chi connectivity index (χ1n) is 7.31. The van der Waals surface area contributed by atoms with Gasteiger partial charge in [0.05, 0.1) is 12.1 Å². The Morgan fingerprint density at radius 1 is 1.24 bits per heavy atom. The highest BCUT2D eigenvalue weighted by Gasteiger charge is 2.40. The quantitative estimate of drug-likeness (QED) is 0.786. The normalized spacial score (nSPS) is 33.0. The van der Waals surface area contributed by atoms with Crippen molar-refractivity contribution < 1.29 is 18.0 Å². The van der Waals surface area contributed by atoms with Crippen molar-refractivity contribution in [2.75, 3.05) is 32.7 Å². The van der Waals surface area contributed by atoms with Gasteiger partial charge in [0, 0.05) is 32.2 Å². The Morgan fingerprint density at radius 3 is 2.38 bits per heavy atom. The van der Waals surface area contributed by atoms with Gasteiger partial charge in [-0.05, 0) is 25.7 Å². The average Bonchev–Trinajstić information content (AvgIpc) is 2.37. The third kappa shape index (κ3) is 4.31. The topological polar surface area (TPSA) is 75.6 Å². The van der Waals surface area contributed by atoms with Crippen LogP contribution in [0.5, 0.6) is 0 Å². The van der Waals surface area contributed by atoms with Crippen LogP contribution in [0, 0.1) is 0 Å². The summed E-state index contributed by atoms with van der Waals surface area (Å²) in [6.07, 6.45) is -1.31. The van der Waals surface area contributed by atoms with Crippen LogP contribution >= 0.6 is 0 Å². The lowest BCUT2D eigenvalue weighted by Gasteiger charge is -2.44. The summed E-state index contributed by atoms with van der Waals surface area (Å²) >= 11 is 0. The van der Waals surface area contributed by atoms with Crippen LogP contribution in [-0.2, 0) is 4.79 Å². The van der Waals surface area contributed by atoms with Gasteiger partial charge in [-0.1, -0.05) is 0 Å². The van der Waals surface area contributed by atoms with Crippen LogP contribution in [0.1, 0.15) is 25.7 Å². The molecule has 1 aliphatic heterocycles. The minimum absolute atomic E-state index is 0.143. The fraction of sp³-hybridized carbons (Fsp3) is 0.923. The van der Waals surface area contributed by atoms with Gasteiger partial charge in [-0.3, -0.25) is 14.6 Å². The van der Waals surface area contributed by atoms with Gasteiger partial charge in [0.2, 0.25) is 5.91 Å². The van der Waals surface area contributed by atoms with E-state index < -0.39 is 24.2 Å². The highest BCUT2D eigenvalue weighted by atomic mass is 19.4. The highest BCUT2D eigenvalue weighted by Crippen LogP contribution is 2.30. The molecule has 5 nitrogen and oxygen atoms in total. The molecule has 0 aromatic rings. The van der Waals surface area contributed by atoms with Crippen molar-refractivity contribution in [1.29, 1.82) is 0 Å². The number of hydrogen-bond acceptors (Lipinski definition) is 4. The molecule has 2 fully saturated rings. The number of carbonyl (C=O) groups is 1. The van der Waals surface area contributed by atoms with Crippen LogP contribution in [0.15, 0.2) is 0 Å². The van der Waals surface area contributed by atoms with Crippen molar-refractivity contribution >= 4 is 5.91 Å². The number of hydrogen-bond donors (Lipinski definition) is 2. The van der Waals surface area contributed by atoms with Crippen molar-refractivity contribution in [3.8, 4) is 0 Å². The van der Waals surface area contributed by atoms with Crippen LogP contribution in [0.3, 0.4) is 0 Å². The third-order valence-electron chi connectivity index (χ3n) is 4.58. The number of primary amides is 1. The number of halogens is 3. The lowest BCUT2D eigenvalue weighted by atomic mass is 9.78. The van der Waals surface area contributed by atoms with Crippen molar-refractivity contribution in [3.05, 3.63) is 0 Å². The standard InChI is InChI=1S/C13H23F3N4O/c14-13(15,16)9-19-4-6-20(7-5-19)10-2-1-3-12(18,8-10)11(17)21/h10H,1-9,18H2,(H2,17,21). The molecule has 1 saturated carbocycles. The number of nitrogens with zero attached hydrogens (tertiary/aromatic N) is 2. The zero-order valence-electron chi connectivity index (χ0n) is 12.0. The number of amides is 1. The van der Waals surface area contributed by atoms with E-state index in [1.165, 1.54) is 4.90 Å². The minimum atomic E-state index is -4.15. The predicted octanol–water partition coefficient (Wildman–Crippen LogP) is 0.292. The van der Waals surface area contributed by atoms with E-state index in [9.17, 15) is 18.0 Å². The predicted molar refractivity (Wildman–Crippen MR) is 72.4 cm³/mol. The Kier molecular flexibility index (Phi) is 4.79. The molecule has 1 saturated heterocycles. The van der Waals surface area contributed by atoms with E-state index in [0.29, 0.717) is 39.0 Å². The lowest BCUT2D eigenvalue weighted by Crippen LogP contribution is -2.60. The summed E-state index contributed by atoms with van der Waals surface area (Å²) in [6.45, 7) is 1.09. The second kappa shape index (κ2) is 6.10. The number of piperazine rings is 1. The molecule has 1 heterocycles. The van der Waals surface area contributed by atoms with Crippen LogP contribution in [0.4, 0.5) is 13.2 Å². The molecule has 21 heavy (non-hydrogen) atoms. The summed E-state index contributed by atoms with van der Waals surface area (Å²) in [5, 5.41) is 0. The summed E-state index contributed by atoms with van der Waals surface area (Å²) in [4.78, 5) is 15.0. The van der Waals surface area contributed by atoms with Gasteiger partial charge in [0.25, 0.3) is 0 Å². The van der Waals surface area contributed by atoms with Crippen molar-refractivity contribution in [3.63, 3.8) is 0 Å². The molecule has 2 aliphatic rings. The van der Waals surface area contributed by atoms with Gasteiger partial charge >= 0.3 is 6.18 Å². The van der Waals surface area contributed by atoms with E-state index in [1.807, 2.05) is 0 Å². The molecule has 0 aromatic heterocycles. The Balaban J connectivity index is 1.86. The zero-order valence-corrected chi connectivity index (χ0v) is 12.0. The molecule has 0 aromatic carbocycles. The van der Waals surface area contributed by atoms with E-state index in [2.05, 4.69) is 4.90 Å². The first-order valence-corrected chi connectivity index (χ1v) is 7.31. The van der Waals surface area contributed by atoms with E-state index in [-0.39, 0.29) is 6.04 Å². The zero-order chi connectivity index (χ0) is 15.7. The van der Waals surface area contributed by atoms with Gasteiger partial charge in [-0.15, -0.1) is 0 Å². The van der Waals surface area contributed by atoms with Gasteiger partial charge in [-0.2, -0.15) is 13.2 Å². The van der Waals surface area contributed by atoms with Crippen molar-refractivity contribution in [2.24, 2.45) is 11.5 Å². The maximum atomic E-state index is 12.4. The van der Waals surface area contributed by atoms with Crippen LogP contribution in [-0.4, -0.2) is 66.2 Å². The van der Waals surface area contributed by atoms with Gasteiger partial charge in [0.15, 0.2) is 0 Å². The molecule has 2 atom stereocenters. The Morgan fingerprint density at radius 2 is 1.86 bits per heavy atom. The highest BCUT2D eigenvalue weighted by molar-refractivity contribution is 5.84. The van der Waals surface area contributed by atoms with E-state index in [4.69, 9.17) is 11.5 Å². The number of alkyl halides is 3. The summed E-state index contributed by atoms with van der Waals surface area (Å²) < 4.78 is 37.1. The fourth-order valence-electron chi connectivity index (χ4n) is 3.35. The van der Waals surface area contributed by atoms with Gasteiger partial charge in [-0.25, -0.2) is 0 Å². The first-order chi connectivity index (χ1) is 9.70. The minimum Gasteiger partial charge on any atom is -0.368 e. The SMILES string of the molecule is NC(=O)C1(N)CCCC(N2CCN(CC(F)(F)F)CC2)C1. The van der Waals surface area contributed by atoms with E-state index >= 15 is 0 Å². The smallest absolute Gasteiger partial charge is 0.368 e. The van der Waals surface area contributed by atoms with E-state index in [0.717, 1.165) is 12.8 Å². The maximum Gasteiger partial charge on any atom is 0.401 e. The largest absolute Gasteiger partial charge is 0.401 e. The summed E-state index contributed by atoms with van der Waals surface area (Å²) in [5.74, 6) is -0.483. The van der Waals surface area contributed by atoms with Crippen LogP contribution in [0.2, 0.25) is 0 Å². The molecule has 1 aliphatic carbocycles. The second-order valence-electron chi connectivity index (χ2n) is 6.20. The third-order valence-corrected chi connectivity index (χ3v) is 4.58. The van der Waals surface area contributed by atoms with Gasteiger partial charge < -0.3 is 11.5 Å². The fourth-order valence-corrected chi connectivity index (χ4v) is 3.35. The van der Waals surface area contributed by atoms with Gasteiger partial charge in [0.1, 0.15) is 0 Å². The maximum absolute atomic E-state index is 12.4. The molecule has 1 amide bonds. The molecule has 8 heteroatoms. The molecule has 0 spiro atoms. The number of nitrogens with two attached hydrogens (primary N) is 2. The average molecular weight is 308 g/mol. The van der Waals surface area contributed by atoms with Crippen LogP contribution < -0.4 is 11.5 Å². The first kappa shape index (κ1) is 16.5. The van der Waals surface area contributed by atoms with Crippen molar-refractivity contribution in [2.45, 2.75) is 43.4 Å². The second-order valence-corrected chi connectivity index (χ2v) is 6.20. The number of rotatable bonds is 3. The Bertz CT molecular complexity index is 382. The molecule has 2 rings (SSSR count). The molecular weight excluding hydrogens is 285 g/mol. The Labute approximate surface area is 122 Å². The Hall–Kier alpha value is -0.860. The summed E-state index contributed by atoms with van der Waals surface area (Å²) in [6, 6.07) is 0.143. The molecule has 122 valence electrons. The molecule has 0 bridgehead atoms. The summed E-state index contributed by atoms with van der Waals surface area (Å²) in [7, 11) is 0. The van der Waals surface area contributed by atoms with E-state index in [1.54, 1.807) is 0 Å².